The minimum absolute atomic E-state index is 0. The first kappa shape index (κ1) is 17.5. The molecule has 2 heterocycles. The van der Waals surface area contributed by atoms with Gasteiger partial charge in [0.05, 0.1) is 11.1 Å². The van der Waals surface area contributed by atoms with Crippen LogP contribution in [0.3, 0.4) is 0 Å². The summed E-state index contributed by atoms with van der Waals surface area (Å²) in [7, 11) is 0. The zero-order valence-electron chi connectivity index (χ0n) is 9.34. The van der Waals surface area contributed by atoms with Crippen molar-refractivity contribution >= 4 is 11.9 Å². The van der Waals surface area contributed by atoms with E-state index >= 15 is 0 Å². The molecule has 2 rings (SSSR count). The molecule has 2 aromatic heterocycles. The Bertz CT molecular complexity index is 486. The van der Waals surface area contributed by atoms with Crippen LogP contribution in [0.4, 0.5) is 0 Å². The maximum Gasteiger partial charge on any atom is 0.347 e. The summed E-state index contributed by atoms with van der Waals surface area (Å²) in [5, 5.41) is 0. The number of carbonyl (C=O) groups excluding carboxylic acids is 2. The SMILES string of the molecule is O=C(OC(=O)c1cccnc1)c1cccnc1.[Cu].[Cu]. The van der Waals surface area contributed by atoms with E-state index in [1.54, 1.807) is 12.1 Å². The molecule has 0 saturated carbocycles. The number of ether oxygens (including phenoxy) is 1. The van der Waals surface area contributed by atoms with Gasteiger partial charge >= 0.3 is 11.9 Å². The molecule has 0 aliphatic rings. The Labute approximate surface area is 130 Å². The largest absolute Gasteiger partial charge is 0.386 e. The normalized spacial score (nSPS) is 8.63. The first-order valence-electron chi connectivity index (χ1n) is 4.84. The molecule has 2 aromatic rings. The first-order chi connectivity index (χ1) is 8.27. The van der Waals surface area contributed by atoms with Gasteiger partial charge in [0.2, 0.25) is 0 Å². The zero-order chi connectivity index (χ0) is 12.1. The molecule has 0 saturated heterocycles. The summed E-state index contributed by atoms with van der Waals surface area (Å²) in [5.41, 5.74) is 0.453. The van der Waals surface area contributed by atoms with Gasteiger partial charge in [0.25, 0.3) is 0 Å². The van der Waals surface area contributed by atoms with Crippen LogP contribution in [0.1, 0.15) is 20.7 Å². The summed E-state index contributed by atoms with van der Waals surface area (Å²) in [6, 6.07) is 6.22. The smallest absolute Gasteiger partial charge is 0.347 e. The van der Waals surface area contributed by atoms with E-state index < -0.39 is 11.9 Å². The molecule has 0 bridgehead atoms. The summed E-state index contributed by atoms with van der Waals surface area (Å²) in [4.78, 5) is 30.6. The molecule has 0 spiro atoms. The van der Waals surface area contributed by atoms with Gasteiger partial charge in [-0.05, 0) is 24.3 Å². The first-order valence-corrected chi connectivity index (χ1v) is 4.84. The molecule has 5 nitrogen and oxygen atoms in total. The Balaban J connectivity index is 0.00000162. The molecular formula is C12H8Cu2N2O3. The second-order valence-electron chi connectivity index (χ2n) is 3.16. The van der Waals surface area contributed by atoms with Crippen molar-refractivity contribution in [1.82, 2.24) is 9.97 Å². The van der Waals surface area contributed by atoms with E-state index in [2.05, 4.69) is 14.7 Å². The Morgan fingerprint density at radius 2 is 1.26 bits per heavy atom. The zero-order valence-corrected chi connectivity index (χ0v) is 11.2. The molecule has 0 aromatic carbocycles. The molecule has 0 aliphatic carbocycles. The van der Waals surface area contributed by atoms with Gasteiger partial charge in [0.1, 0.15) is 0 Å². The summed E-state index contributed by atoms with van der Waals surface area (Å²) < 4.78 is 4.66. The van der Waals surface area contributed by atoms with Crippen molar-refractivity contribution in [2.75, 3.05) is 0 Å². The van der Waals surface area contributed by atoms with E-state index in [-0.39, 0.29) is 45.3 Å². The van der Waals surface area contributed by atoms with Gasteiger partial charge in [-0.1, -0.05) is 0 Å². The van der Waals surface area contributed by atoms with Crippen LogP contribution in [0.15, 0.2) is 49.1 Å². The Morgan fingerprint density at radius 3 is 1.58 bits per heavy atom. The van der Waals surface area contributed by atoms with Crippen LogP contribution in [-0.2, 0) is 38.9 Å². The number of pyridine rings is 2. The van der Waals surface area contributed by atoms with E-state index in [1.807, 2.05) is 0 Å². The van der Waals surface area contributed by atoms with Crippen molar-refractivity contribution in [2.24, 2.45) is 0 Å². The number of carbonyl (C=O) groups is 2. The molecule has 0 fully saturated rings. The van der Waals surface area contributed by atoms with E-state index in [9.17, 15) is 9.59 Å². The number of hydrogen-bond acceptors (Lipinski definition) is 5. The average molecular weight is 355 g/mol. The predicted octanol–water partition coefficient (Wildman–Crippen LogP) is 1.47. The van der Waals surface area contributed by atoms with Gasteiger partial charge in [0.15, 0.2) is 0 Å². The minimum atomic E-state index is -0.730. The van der Waals surface area contributed by atoms with Crippen molar-refractivity contribution < 1.29 is 48.5 Å². The van der Waals surface area contributed by atoms with Gasteiger partial charge < -0.3 is 4.74 Å². The summed E-state index contributed by atoms with van der Waals surface area (Å²) in [6.07, 6.45) is 5.72. The Kier molecular flexibility index (Phi) is 7.87. The monoisotopic (exact) mass is 354 g/mol. The summed E-state index contributed by atoms with van der Waals surface area (Å²) in [5.74, 6) is -1.46. The quantitative estimate of drug-likeness (QED) is 0.464. The molecule has 2 radical (unpaired) electrons. The second-order valence-corrected chi connectivity index (χ2v) is 3.16. The molecule has 0 amide bonds. The van der Waals surface area contributed by atoms with Crippen LogP contribution in [0.25, 0.3) is 0 Å². The third-order valence-corrected chi connectivity index (χ3v) is 1.98. The fraction of sp³-hybridized carbons (Fsp3) is 0. The van der Waals surface area contributed by atoms with Crippen LogP contribution in [0.2, 0.25) is 0 Å². The summed E-state index contributed by atoms with van der Waals surface area (Å²) in [6.45, 7) is 0. The van der Waals surface area contributed by atoms with Crippen LogP contribution in [0, 0.1) is 0 Å². The Hall–Kier alpha value is -1.52. The van der Waals surface area contributed by atoms with Crippen LogP contribution >= 0.6 is 0 Å². The van der Waals surface area contributed by atoms with Gasteiger partial charge in [-0.25, -0.2) is 9.59 Å². The number of hydrogen-bond donors (Lipinski definition) is 0. The van der Waals surface area contributed by atoms with E-state index in [1.165, 1.54) is 36.9 Å². The van der Waals surface area contributed by atoms with Gasteiger partial charge in [-0.2, -0.15) is 0 Å². The average Bonchev–Trinajstić information content (AvgIpc) is 2.40. The minimum Gasteiger partial charge on any atom is -0.386 e. The fourth-order valence-electron chi connectivity index (χ4n) is 1.17. The van der Waals surface area contributed by atoms with Gasteiger partial charge in [-0.15, -0.1) is 0 Å². The Morgan fingerprint density at radius 1 is 0.842 bits per heavy atom. The van der Waals surface area contributed by atoms with Gasteiger partial charge in [0, 0.05) is 58.9 Å². The number of esters is 2. The van der Waals surface area contributed by atoms with Gasteiger partial charge in [-0.3, -0.25) is 9.97 Å². The molecule has 0 unspecified atom stereocenters. The third kappa shape index (κ3) is 4.93. The molecule has 19 heavy (non-hydrogen) atoms. The van der Waals surface area contributed by atoms with Crippen LogP contribution < -0.4 is 0 Å². The van der Waals surface area contributed by atoms with Crippen LogP contribution in [-0.4, -0.2) is 21.9 Å². The third-order valence-electron chi connectivity index (χ3n) is 1.98. The van der Waals surface area contributed by atoms with Crippen molar-refractivity contribution in [3.05, 3.63) is 60.2 Å². The fourth-order valence-corrected chi connectivity index (χ4v) is 1.17. The number of nitrogens with zero attached hydrogens (tertiary/aromatic N) is 2. The number of aromatic nitrogens is 2. The maximum absolute atomic E-state index is 11.5. The van der Waals surface area contributed by atoms with Crippen LogP contribution in [0.5, 0.6) is 0 Å². The standard InChI is InChI=1S/C12H8N2O3.2Cu/c15-11(9-3-1-5-13-7-9)17-12(16)10-4-2-6-14-8-10;;/h1-8H;;. The van der Waals surface area contributed by atoms with Crippen molar-refractivity contribution in [3.63, 3.8) is 0 Å². The second kappa shape index (κ2) is 8.56. The molecular weight excluding hydrogens is 347 g/mol. The molecule has 0 aliphatic heterocycles. The molecule has 0 N–H and O–H groups in total. The molecule has 106 valence electrons. The van der Waals surface area contributed by atoms with E-state index in [0.717, 1.165) is 0 Å². The summed E-state index contributed by atoms with van der Waals surface area (Å²) >= 11 is 0. The topological polar surface area (TPSA) is 69.2 Å². The van der Waals surface area contributed by atoms with Crippen molar-refractivity contribution in [3.8, 4) is 0 Å². The van der Waals surface area contributed by atoms with E-state index in [4.69, 9.17) is 0 Å². The van der Waals surface area contributed by atoms with Crippen molar-refractivity contribution in [2.45, 2.75) is 0 Å². The molecule has 7 heteroatoms. The van der Waals surface area contributed by atoms with Crippen molar-refractivity contribution in [1.29, 1.82) is 0 Å². The number of rotatable bonds is 2. The maximum atomic E-state index is 11.5. The van der Waals surface area contributed by atoms with E-state index in [0.29, 0.717) is 0 Å². The molecule has 0 atom stereocenters. The predicted molar refractivity (Wildman–Crippen MR) is 58.2 cm³/mol.